The normalized spacial score (nSPS) is 10.4. The molecule has 1 aromatic carbocycles. The lowest BCUT2D eigenvalue weighted by Gasteiger charge is -2.14. The van der Waals surface area contributed by atoms with Crippen LogP contribution in [0.25, 0.3) is 11.4 Å². The maximum absolute atomic E-state index is 9.14. The topological polar surface area (TPSA) is 71.6 Å². The molecule has 200 valence electrons. The van der Waals surface area contributed by atoms with Crippen LogP contribution in [0.5, 0.6) is 0 Å². The van der Waals surface area contributed by atoms with Gasteiger partial charge in [0.2, 0.25) is 0 Å². The second kappa shape index (κ2) is 23.0. The minimum Gasteiger partial charge on any atom is -0.371 e. The first-order valence-electron chi connectivity index (χ1n) is 14.9. The second-order valence-corrected chi connectivity index (χ2v) is 10.1. The maximum atomic E-state index is 9.14. The molecule has 0 atom stereocenters. The monoisotopic (exact) mass is 492 g/mol. The number of rotatable bonds is 22. The molecule has 0 unspecified atom stereocenters. The van der Waals surface area contributed by atoms with Gasteiger partial charge < -0.3 is 10.6 Å². The Labute approximate surface area is 221 Å². The van der Waals surface area contributed by atoms with Crippen molar-refractivity contribution in [3.05, 3.63) is 34.7 Å². The lowest BCUT2D eigenvalue weighted by molar-refractivity contribution is 0.554. The highest BCUT2D eigenvalue weighted by molar-refractivity contribution is 5.72. The van der Waals surface area contributed by atoms with Gasteiger partial charge in [0.15, 0.2) is 0 Å². The highest BCUT2D eigenvalue weighted by Gasteiger charge is 2.00. The molecule has 4 nitrogen and oxygen atoms in total. The third kappa shape index (κ3) is 15.5. The van der Waals surface area contributed by atoms with Crippen molar-refractivity contribution >= 4 is 11.4 Å². The summed E-state index contributed by atoms with van der Waals surface area (Å²) in [5.41, 5.74) is 0.161. The van der Waals surface area contributed by atoms with E-state index in [4.69, 9.17) is 10.5 Å². The number of benzene rings is 1. The van der Waals surface area contributed by atoms with Gasteiger partial charge >= 0.3 is 0 Å². The van der Waals surface area contributed by atoms with E-state index in [-0.39, 0.29) is 5.57 Å². The highest BCUT2D eigenvalue weighted by atomic mass is 15.1. The summed E-state index contributed by atoms with van der Waals surface area (Å²) in [6.07, 6.45) is 24.0. The van der Waals surface area contributed by atoms with E-state index in [0.29, 0.717) is 5.22 Å². The average molecular weight is 493 g/mol. The minimum atomic E-state index is 0.161. The fraction of sp³-hybridized carbons (Fsp3) is 0.688. The van der Waals surface area contributed by atoms with Crippen LogP contribution in [0.4, 0.5) is 0 Å². The number of unbranched alkanes of at least 4 members (excludes halogenated alkanes) is 16. The smallest absolute Gasteiger partial charge is 0.136 e. The summed E-state index contributed by atoms with van der Waals surface area (Å²) in [6, 6.07) is 11.7. The van der Waals surface area contributed by atoms with Crippen LogP contribution in [-0.2, 0) is 0 Å². The Morgan fingerprint density at radius 1 is 0.528 bits per heavy atom. The van der Waals surface area contributed by atoms with E-state index < -0.39 is 0 Å². The lowest BCUT2D eigenvalue weighted by atomic mass is 10.1. The first-order valence-corrected chi connectivity index (χ1v) is 14.9. The van der Waals surface area contributed by atoms with Gasteiger partial charge in [-0.15, -0.1) is 0 Å². The molecule has 0 aliphatic heterocycles. The van der Waals surface area contributed by atoms with E-state index in [1.54, 1.807) is 0 Å². The van der Waals surface area contributed by atoms with Gasteiger partial charge in [-0.3, -0.25) is 0 Å². The summed E-state index contributed by atoms with van der Waals surface area (Å²) in [7, 11) is 0. The van der Waals surface area contributed by atoms with Crippen molar-refractivity contribution in [1.29, 1.82) is 10.5 Å². The fourth-order valence-corrected chi connectivity index (χ4v) is 4.52. The predicted octanol–water partition coefficient (Wildman–Crippen LogP) is 7.19. The number of hydrogen-bond acceptors (Lipinski definition) is 4. The van der Waals surface area contributed by atoms with Crippen LogP contribution in [0.15, 0.2) is 24.3 Å². The average Bonchev–Trinajstić information content (AvgIpc) is 2.90. The molecule has 0 saturated carbocycles. The van der Waals surface area contributed by atoms with Gasteiger partial charge in [-0.2, -0.15) is 10.5 Å². The third-order valence-corrected chi connectivity index (χ3v) is 6.85. The predicted molar refractivity (Wildman–Crippen MR) is 154 cm³/mol. The van der Waals surface area contributed by atoms with E-state index in [9.17, 15) is 0 Å². The van der Waals surface area contributed by atoms with Gasteiger partial charge in [0.05, 0.1) is 0 Å². The molecule has 0 aliphatic rings. The summed E-state index contributed by atoms with van der Waals surface area (Å²) in [6.45, 7) is 6.47. The molecule has 1 rings (SSSR count). The molecule has 0 fully saturated rings. The molecule has 0 spiro atoms. The summed E-state index contributed by atoms with van der Waals surface area (Å²) >= 11 is 0. The molecule has 4 heteroatoms. The molecule has 0 saturated heterocycles. The van der Waals surface area contributed by atoms with Crippen LogP contribution in [0, 0.1) is 22.7 Å². The Morgan fingerprint density at radius 2 is 0.861 bits per heavy atom. The molecule has 0 aliphatic carbocycles. The molecule has 1 aromatic rings. The van der Waals surface area contributed by atoms with Crippen LogP contribution < -0.4 is 21.1 Å². The van der Waals surface area contributed by atoms with Crippen LogP contribution in [0.1, 0.15) is 129 Å². The van der Waals surface area contributed by atoms with Crippen LogP contribution in [-0.4, -0.2) is 13.1 Å². The zero-order valence-corrected chi connectivity index (χ0v) is 23.3. The van der Waals surface area contributed by atoms with Gasteiger partial charge in [0.1, 0.15) is 23.5 Å². The number of nitrogens with zero attached hydrogens (tertiary/aromatic N) is 2. The van der Waals surface area contributed by atoms with E-state index in [2.05, 4.69) is 24.5 Å². The molecular formula is C32H52N4. The zero-order valence-electron chi connectivity index (χ0n) is 23.3. The summed E-state index contributed by atoms with van der Waals surface area (Å²) < 4.78 is 0. The molecule has 0 amide bonds. The van der Waals surface area contributed by atoms with Crippen LogP contribution in [0.2, 0.25) is 0 Å². The largest absolute Gasteiger partial charge is 0.371 e. The van der Waals surface area contributed by atoms with E-state index in [1.165, 1.54) is 116 Å². The number of nitrogens with one attached hydrogen (secondary N) is 2. The van der Waals surface area contributed by atoms with Crippen molar-refractivity contribution in [1.82, 2.24) is 10.6 Å². The van der Waals surface area contributed by atoms with E-state index >= 15 is 0 Å². The van der Waals surface area contributed by atoms with Gasteiger partial charge in [-0.1, -0.05) is 141 Å². The third-order valence-electron chi connectivity index (χ3n) is 6.85. The SMILES string of the molecule is CCCCCCCCCCCNC(NCCCCCCCCCCC)=c1ccc(=C(C#N)C#N)cc1. The van der Waals surface area contributed by atoms with Crippen LogP contribution >= 0.6 is 0 Å². The Bertz CT molecular complexity index is 809. The summed E-state index contributed by atoms with van der Waals surface area (Å²) in [5, 5.41) is 27.3. The summed E-state index contributed by atoms with van der Waals surface area (Å²) in [5.74, 6) is 1.07. The van der Waals surface area contributed by atoms with Crippen molar-refractivity contribution in [3.63, 3.8) is 0 Å². The summed E-state index contributed by atoms with van der Waals surface area (Å²) in [4.78, 5) is 0. The Hall–Kier alpha value is -2.46. The molecule has 0 heterocycles. The zero-order chi connectivity index (χ0) is 26.1. The van der Waals surface area contributed by atoms with Gasteiger partial charge in [-0.05, 0) is 12.8 Å². The van der Waals surface area contributed by atoms with Gasteiger partial charge in [0, 0.05) is 23.5 Å². The molecule has 0 bridgehead atoms. The van der Waals surface area contributed by atoms with E-state index in [0.717, 1.165) is 24.1 Å². The maximum Gasteiger partial charge on any atom is 0.136 e. The first kappa shape index (κ1) is 31.6. The van der Waals surface area contributed by atoms with Crippen LogP contribution in [0.3, 0.4) is 0 Å². The lowest BCUT2D eigenvalue weighted by Crippen LogP contribution is -2.33. The number of nitriles is 2. The molecular weight excluding hydrogens is 440 g/mol. The quantitative estimate of drug-likeness (QED) is 0.168. The first-order chi connectivity index (χ1) is 17.8. The van der Waals surface area contributed by atoms with Gasteiger partial charge in [0.25, 0.3) is 0 Å². The number of hydrogen-bond donors (Lipinski definition) is 2. The van der Waals surface area contributed by atoms with Crippen molar-refractivity contribution in [3.8, 4) is 12.1 Å². The van der Waals surface area contributed by atoms with Crippen molar-refractivity contribution in [2.45, 2.75) is 129 Å². The van der Waals surface area contributed by atoms with Gasteiger partial charge in [-0.25, -0.2) is 0 Å². The standard InChI is InChI=1S/C32H52N4/c1-3-5-7-9-11-13-15-17-19-25-35-32(30-23-21-29(22-24-30)31(27-33)28-34)36-26-20-18-16-14-12-10-8-6-4-2/h21-24,35-36H,3-20,25-26H2,1-2H3. The highest BCUT2D eigenvalue weighted by Crippen LogP contribution is 2.10. The molecule has 2 N–H and O–H groups in total. The van der Waals surface area contributed by atoms with Crippen molar-refractivity contribution < 1.29 is 0 Å². The second-order valence-electron chi connectivity index (χ2n) is 10.1. The molecule has 0 radical (unpaired) electrons. The van der Waals surface area contributed by atoms with Crippen molar-refractivity contribution in [2.24, 2.45) is 0 Å². The molecule has 36 heavy (non-hydrogen) atoms. The fourth-order valence-electron chi connectivity index (χ4n) is 4.52. The Kier molecular flexibility index (Phi) is 20.1. The molecule has 0 aromatic heterocycles. The van der Waals surface area contributed by atoms with Crippen molar-refractivity contribution in [2.75, 3.05) is 13.1 Å². The van der Waals surface area contributed by atoms with E-state index in [1.807, 2.05) is 36.4 Å². The Balaban J connectivity index is 2.50. The Morgan fingerprint density at radius 3 is 1.22 bits per heavy atom. The minimum absolute atomic E-state index is 0.161.